The molecule has 1 aliphatic heterocycles. The number of halogens is 1. The average Bonchev–Trinajstić information content (AvgIpc) is 2.87. The first-order chi connectivity index (χ1) is 10.7. The summed E-state index contributed by atoms with van der Waals surface area (Å²) in [5.74, 6) is -0.362. The molecular formula is C16H18BrN3O2. The second-order valence-corrected chi connectivity index (χ2v) is 5.95. The first-order valence-electron chi connectivity index (χ1n) is 7.39. The number of nitrogens with one attached hydrogen (secondary N) is 1. The number of fused-ring (bicyclic) bond motifs is 1. The smallest absolute Gasteiger partial charge is 0.358 e. The molecule has 0 radical (unpaired) electrons. The van der Waals surface area contributed by atoms with E-state index in [2.05, 4.69) is 42.9 Å². The fraction of sp³-hybridized carbons (Fsp3) is 0.375. The molecule has 0 saturated carbocycles. The van der Waals surface area contributed by atoms with E-state index in [0.717, 1.165) is 18.7 Å². The molecule has 0 saturated heterocycles. The van der Waals surface area contributed by atoms with Crippen LogP contribution in [-0.2, 0) is 17.7 Å². The molecule has 0 bridgehead atoms. The monoisotopic (exact) mass is 363 g/mol. The molecule has 22 heavy (non-hydrogen) atoms. The number of benzene rings is 1. The summed E-state index contributed by atoms with van der Waals surface area (Å²) < 4.78 is 7.89. The second kappa shape index (κ2) is 6.62. The predicted molar refractivity (Wildman–Crippen MR) is 86.8 cm³/mol. The Morgan fingerprint density at radius 2 is 2.23 bits per heavy atom. The summed E-state index contributed by atoms with van der Waals surface area (Å²) in [7, 11) is 0. The summed E-state index contributed by atoms with van der Waals surface area (Å²) >= 11 is 3.49. The normalized spacial score (nSPS) is 17.1. The molecule has 0 aliphatic carbocycles. The number of carbonyl (C=O) groups excluding carboxylic acids is 1. The number of ether oxygens (including phenoxy) is 1. The van der Waals surface area contributed by atoms with E-state index in [9.17, 15) is 4.79 Å². The van der Waals surface area contributed by atoms with Crippen molar-refractivity contribution in [1.29, 1.82) is 0 Å². The van der Waals surface area contributed by atoms with Crippen LogP contribution in [0.15, 0.2) is 35.1 Å². The minimum atomic E-state index is -0.362. The Morgan fingerprint density at radius 3 is 2.95 bits per heavy atom. The fourth-order valence-electron chi connectivity index (χ4n) is 2.84. The summed E-state index contributed by atoms with van der Waals surface area (Å²) in [6, 6.07) is 10.5. The molecule has 1 unspecified atom stereocenters. The lowest BCUT2D eigenvalue weighted by Crippen LogP contribution is -2.35. The molecule has 1 aliphatic rings. The van der Waals surface area contributed by atoms with Gasteiger partial charge in [-0.2, -0.15) is 0 Å². The first-order valence-corrected chi connectivity index (χ1v) is 8.18. The predicted octanol–water partition coefficient (Wildman–Crippen LogP) is 2.71. The quantitative estimate of drug-likeness (QED) is 0.848. The van der Waals surface area contributed by atoms with E-state index >= 15 is 0 Å². The van der Waals surface area contributed by atoms with Crippen molar-refractivity contribution in [3.63, 3.8) is 0 Å². The van der Waals surface area contributed by atoms with E-state index in [1.54, 1.807) is 6.92 Å². The molecule has 0 spiro atoms. The molecule has 2 heterocycles. The van der Waals surface area contributed by atoms with Crippen LogP contribution in [0.4, 0.5) is 0 Å². The van der Waals surface area contributed by atoms with Gasteiger partial charge in [0, 0.05) is 13.1 Å². The van der Waals surface area contributed by atoms with Crippen LogP contribution >= 0.6 is 15.9 Å². The Labute approximate surface area is 137 Å². The number of esters is 1. The standard InChI is InChI=1S/C16H18BrN3O2/c1-2-22-15(21)14-13-10-18-9-12(20(13)16(17)19-14)8-11-6-4-3-5-7-11/h3-7,12,18H,2,8-10H2,1H3. The Kier molecular flexibility index (Phi) is 4.59. The lowest BCUT2D eigenvalue weighted by molar-refractivity contribution is 0.0518. The van der Waals surface area contributed by atoms with Gasteiger partial charge in [-0.3, -0.25) is 0 Å². The number of carbonyl (C=O) groups is 1. The van der Waals surface area contributed by atoms with Crippen molar-refractivity contribution in [2.45, 2.75) is 25.9 Å². The van der Waals surface area contributed by atoms with Crippen molar-refractivity contribution in [3.8, 4) is 0 Å². The molecule has 116 valence electrons. The van der Waals surface area contributed by atoms with Gasteiger partial charge in [-0.15, -0.1) is 0 Å². The molecule has 1 N–H and O–H groups in total. The number of imidazole rings is 1. The van der Waals surface area contributed by atoms with Crippen LogP contribution in [0.2, 0.25) is 0 Å². The van der Waals surface area contributed by atoms with E-state index in [-0.39, 0.29) is 12.0 Å². The van der Waals surface area contributed by atoms with Crippen LogP contribution < -0.4 is 5.32 Å². The van der Waals surface area contributed by atoms with Gasteiger partial charge in [0.05, 0.1) is 18.3 Å². The Morgan fingerprint density at radius 1 is 1.45 bits per heavy atom. The van der Waals surface area contributed by atoms with Crippen LogP contribution in [0.3, 0.4) is 0 Å². The molecule has 6 heteroatoms. The highest BCUT2D eigenvalue weighted by atomic mass is 79.9. The van der Waals surface area contributed by atoms with Crippen molar-refractivity contribution in [2.75, 3.05) is 13.2 Å². The average molecular weight is 364 g/mol. The topological polar surface area (TPSA) is 56.1 Å². The van der Waals surface area contributed by atoms with E-state index in [1.165, 1.54) is 5.56 Å². The van der Waals surface area contributed by atoms with Crippen molar-refractivity contribution in [1.82, 2.24) is 14.9 Å². The van der Waals surface area contributed by atoms with E-state index in [0.29, 0.717) is 23.6 Å². The highest BCUT2D eigenvalue weighted by Crippen LogP contribution is 2.28. The number of nitrogens with zero attached hydrogens (tertiary/aromatic N) is 2. The summed E-state index contributed by atoms with van der Waals surface area (Å²) in [6.07, 6.45) is 0.887. The fourth-order valence-corrected chi connectivity index (χ4v) is 3.52. The van der Waals surface area contributed by atoms with Gasteiger partial charge in [-0.1, -0.05) is 30.3 Å². The number of hydrogen-bond acceptors (Lipinski definition) is 4. The third kappa shape index (κ3) is 2.94. The van der Waals surface area contributed by atoms with Gasteiger partial charge < -0.3 is 14.6 Å². The van der Waals surface area contributed by atoms with Crippen LogP contribution in [-0.4, -0.2) is 28.7 Å². The second-order valence-electron chi connectivity index (χ2n) is 5.24. The van der Waals surface area contributed by atoms with Crippen LogP contribution in [0, 0.1) is 0 Å². The zero-order valence-corrected chi connectivity index (χ0v) is 14.0. The highest BCUT2D eigenvalue weighted by Gasteiger charge is 2.29. The van der Waals surface area contributed by atoms with Crippen molar-refractivity contribution < 1.29 is 9.53 Å². The molecule has 0 amide bonds. The van der Waals surface area contributed by atoms with Crippen LogP contribution in [0.25, 0.3) is 0 Å². The summed E-state index contributed by atoms with van der Waals surface area (Å²) in [4.78, 5) is 16.4. The molecule has 5 nitrogen and oxygen atoms in total. The van der Waals surface area contributed by atoms with Crippen molar-refractivity contribution in [3.05, 3.63) is 52.0 Å². The lowest BCUT2D eigenvalue weighted by atomic mass is 10.0. The van der Waals surface area contributed by atoms with Gasteiger partial charge in [-0.25, -0.2) is 9.78 Å². The van der Waals surface area contributed by atoms with Gasteiger partial charge >= 0.3 is 5.97 Å². The molecule has 0 fully saturated rings. The Hall–Kier alpha value is -1.66. The minimum absolute atomic E-state index is 0.219. The lowest BCUT2D eigenvalue weighted by Gasteiger charge is -2.27. The zero-order chi connectivity index (χ0) is 15.5. The van der Waals surface area contributed by atoms with E-state index in [4.69, 9.17) is 4.74 Å². The van der Waals surface area contributed by atoms with Crippen LogP contribution in [0.5, 0.6) is 0 Å². The van der Waals surface area contributed by atoms with Gasteiger partial charge in [0.15, 0.2) is 10.4 Å². The summed E-state index contributed by atoms with van der Waals surface area (Å²) in [5, 5.41) is 3.37. The SMILES string of the molecule is CCOC(=O)c1nc(Br)n2c1CNCC2Cc1ccccc1. The number of aromatic nitrogens is 2. The van der Waals surface area contributed by atoms with Gasteiger partial charge in [-0.05, 0) is 34.8 Å². The minimum Gasteiger partial charge on any atom is -0.461 e. The maximum atomic E-state index is 12.0. The van der Waals surface area contributed by atoms with Gasteiger partial charge in [0.2, 0.25) is 0 Å². The summed E-state index contributed by atoms with van der Waals surface area (Å²) in [6.45, 7) is 3.62. The largest absolute Gasteiger partial charge is 0.461 e. The molecule has 1 aromatic heterocycles. The third-order valence-corrected chi connectivity index (χ3v) is 4.35. The zero-order valence-electron chi connectivity index (χ0n) is 12.4. The number of rotatable bonds is 4. The molecule has 2 aromatic rings. The van der Waals surface area contributed by atoms with Crippen LogP contribution in [0.1, 0.15) is 34.7 Å². The van der Waals surface area contributed by atoms with Crippen molar-refractivity contribution in [2.24, 2.45) is 0 Å². The maximum absolute atomic E-state index is 12.0. The molecule has 1 aromatic carbocycles. The molecular weight excluding hydrogens is 346 g/mol. The third-order valence-electron chi connectivity index (χ3n) is 3.79. The first kappa shape index (κ1) is 15.2. The van der Waals surface area contributed by atoms with E-state index < -0.39 is 0 Å². The number of hydrogen-bond donors (Lipinski definition) is 1. The van der Waals surface area contributed by atoms with Crippen molar-refractivity contribution >= 4 is 21.9 Å². The highest BCUT2D eigenvalue weighted by molar-refractivity contribution is 9.10. The molecule has 1 atom stereocenters. The van der Waals surface area contributed by atoms with Gasteiger partial charge in [0.25, 0.3) is 0 Å². The Bertz CT molecular complexity index is 670. The van der Waals surface area contributed by atoms with E-state index in [1.807, 2.05) is 18.2 Å². The Balaban J connectivity index is 1.91. The summed E-state index contributed by atoms with van der Waals surface area (Å²) in [5.41, 5.74) is 2.55. The maximum Gasteiger partial charge on any atom is 0.358 e. The van der Waals surface area contributed by atoms with Gasteiger partial charge in [0.1, 0.15) is 0 Å². The molecule has 3 rings (SSSR count).